The Kier molecular flexibility index (Phi) is 2.69. The van der Waals surface area contributed by atoms with Crippen molar-refractivity contribution in [3.8, 4) is 0 Å². The molecule has 0 aromatic carbocycles. The van der Waals surface area contributed by atoms with E-state index in [1.54, 1.807) is 12.4 Å². The molecule has 16 heavy (non-hydrogen) atoms. The minimum absolute atomic E-state index is 0.347. The van der Waals surface area contributed by atoms with Crippen LogP contribution in [0.4, 0.5) is 5.95 Å². The van der Waals surface area contributed by atoms with Crippen LogP contribution in [-0.4, -0.2) is 28.7 Å². The second kappa shape index (κ2) is 4.18. The molecule has 1 aromatic rings. The van der Waals surface area contributed by atoms with Crippen LogP contribution in [0.25, 0.3) is 0 Å². The molecule has 4 nitrogen and oxygen atoms in total. The fourth-order valence-corrected chi connectivity index (χ4v) is 2.31. The SMILES string of the molecule is Clc1cnc(NC2CCOC2C2CC2)nc1. The largest absolute Gasteiger partial charge is 0.376 e. The summed E-state index contributed by atoms with van der Waals surface area (Å²) in [6, 6.07) is 0.355. The molecule has 1 aliphatic carbocycles. The summed E-state index contributed by atoms with van der Waals surface area (Å²) in [6.07, 6.45) is 7.19. The number of halogens is 1. The van der Waals surface area contributed by atoms with E-state index >= 15 is 0 Å². The monoisotopic (exact) mass is 239 g/mol. The van der Waals surface area contributed by atoms with E-state index < -0.39 is 0 Å². The van der Waals surface area contributed by atoms with Crippen molar-refractivity contribution in [1.29, 1.82) is 0 Å². The van der Waals surface area contributed by atoms with Crippen LogP contribution in [0.1, 0.15) is 19.3 Å². The molecule has 86 valence electrons. The second-order valence-electron chi connectivity index (χ2n) is 4.44. The topological polar surface area (TPSA) is 47.0 Å². The highest BCUT2D eigenvalue weighted by molar-refractivity contribution is 6.30. The molecule has 2 aliphatic rings. The third-order valence-electron chi connectivity index (χ3n) is 3.16. The zero-order valence-electron chi connectivity index (χ0n) is 8.90. The second-order valence-corrected chi connectivity index (χ2v) is 4.87. The highest BCUT2D eigenvalue weighted by Crippen LogP contribution is 2.39. The van der Waals surface area contributed by atoms with Gasteiger partial charge in [-0.1, -0.05) is 11.6 Å². The molecular weight excluding hydrogens is 226 g/mol. The highest BCUT2D eigenvalue weighted by atomic mass is 35.5. The Hall–Kier alpha value is -0.870. The Morgan fingerprint density at radius 2 is 2.00 bits per heavy atom. The first kappa shape index (κ1) is 10.3. The smallest absolute Gasteiger partial charge is 0.222 e. The maximum absolute atomic E-state index is 5.74. The Morgan fingerprint density at radius 3 is 2.69 bits per heavy atom. The van der Waals surface area contributed by atoms with Crippen LogP contribution in [0.3, 0.4) is 0 Å². The first-order valence-corrected chi connectivity index (χ1v) is 6.06. The zero-order chi connectivity index (χ0) is 11.0. The molecule has 0 radical (unpaired) electrons. The predicted molar refractivity (Wildman–Crippen MR) is 61.5 cm³/mol. The van der Waals surface area contributed by atoms with Crippen LogP contribution < -0.4 is 5.32 Å². The van der Waals surface area contributed by atoms with Gasteiger partial charge in [0, 0.05) is 6.61 Å². The summed E-state index contributed by atoms with van der Waals surface area (Å²) in [5.74, 6) is 1.39. The highest BCUT2D eigenvalue weighted by Gasteiger charge is 2.40. The van der Waals surface area contributed by atoms with Crippen molar-refractivity contribution in [1.82, 2.24) is 9.97 Å². The van der Waals surface area contributed by atoms with E-state index in [0.717, 1.165) is 18.9 Å². The van der Waals surface area contributed by atoms with Crippen molar-refractivity contribution >= 4 is 17.5 Å². The molecule has 5 heteroatoms. The van der Waals surface area contributed by atoms with Crippen LogP contribution >= 0.6 is 11.6 Å². The van der Waals surface area contributed by atoms with E-state index in [0.29, 0.717) is 23.1 Å². The van der Waals surface area contributed by atoms with E-state index in [2.05, 4.69) is 15.3 Å². The molecule has 1 aliphatic heterocycles. The number of nitrogens with zero attached hydrogens (tertiary/aromatic N) is 2. The fourth-order valence-electron chi connectivity index (χ4n) is 2.21. The molecule has 2 heterocycles. The predicted octanol–water partition coefficient (Wildman–Crippen LogP) is 2.11. The molecule has 2 unspecified atom stereocenters. The Labute approximate surface area is 99.4 Å². The molecular formula is C11H14ClN3O. The minimum atomic E-state index is 0.347. The maximum Gasteiger partial charge on any atom is 0.222 e. The van der Waals surface area contributed by atoms with Gasteiger partial charge >= 0.3 is 0 Å². The number of nitrogens with one attached hydrogen (secondary N) is 1. The molecule has 1 saturated heterocycles. The lowest BCUT2D eigenvalue weighted by atomic mass is 10.1. The van der Waals surface area contributed by atoms with Gasteiger partial charge in [0.25, 0.3) is 0 Å². The van der Waals surface area contributed by atoms with Gasteiger partial charge in [-0.05, 0) is 25.2 Å². The average molecular weight is 240 g/mol. The van der Waals surface area contributed by atoms with Crippen LogP contribution in [0.5, 0.6) is 0 Å². The van der Waals surface area contributed by atoms with E-state index in [1.165, 1.54) is 12.8 Å². The van der Waals surface area contributed by atoms with Gasteiger partial charge in [0.2, 0.25) is 5.95 Å². The van der Waals surface area contributed by atoms with Crippen LogP contribution in [0, 0.1) is 5.92 Å². The van der Waals surface area contributed by atoms with E-state index in [9.17, 15) is 0 Å². The van der Waals surface area contributed by atoms with E-state index in [-0.39, 0.29) is 0 Å². The average Bonchev–Trinajstić information content (AvgIpc) is 3.03. The normalized spacial score (nSPS) is 29.3. The number of aromatic nitrogens is 2. The molecule has 1 aromatic heterocycles. The first-order valence-electron chi connectivity index (χ1n) is 5.68. The Bertz CT molecular complexity index is 366. The van der Waals surface area contributed by atoms with Crippen molar-refractivity contribution in [3.05, 3.63) is 17.4 Å². The third-order valence-corrected chi connectivity index (χ3v) is 3.35. The summed E-state index contributed by atoms with van der Waals surface area (Å²) in [4.78, 5) is 8.29. The lowest BCUT2D eigenvalue weighted by molar-refractivity contribution is 0.0897. The van der Waals surface area contributed by atoms with Crippen molar-refractivity contribution in [2.75, 3.05) is 11.9 Å². The molecule has 2 fully saturated rings. The van der Waals surface area contributed by atoms with Crippen LogP contribution in [-0.2, 0) is 4.74 Å². The van der Waals surface area contributed by atoms with Gasteiger partial charge in [0.05, 0.1) is 29.6 Å². The number of ether oxygens (including phenoxy) is 1. The van der Waals surface area contributed by atoms with Gasteiger partial charge in [-0.25, -0.2) is 9.97 Å². The molecule has 0 amide bonds. The van der Waals surface area contributed by atoms with Gasteiger partial charge in [0.1, 0.15) is 0 Å². The van der Waals surface area contributed by atoms with Gasteiger partial charge in [-0.3, -0.25) is 0 Å². The molecule has 1 N–H and O–H groups in total. The molecule has 3 rings (SSSR count). The summed E-state index contributed by atoms with van der Waals surface area (Å²) < 4.78 is 5.74. The zero-order valence-corrected chi connectivity index (χ0v) is 9.65. The molecule has 1 saturated carbocycles. The molecule has 2 atom stereocenters. The summed E-state index contributed by atoms with van der Waals surface area (Å²) >= 11 is 5.74. The molecule has 0 spiro atoms. The minimum Gasteiger partial charge on any atom is -0.376 e. The van der Waals surface area contributed by atoms with Gasteiger partial charge in [-0.15, -0.1) is 0 Å². The number of anilines is 1. The maximum atomic E-state index is 5.74. The third kappa shape index (κ3) is 2.13. The van der Waals surface area contributed by atoms with Gasteiger partial charge in [0.15, 0.2) is 0 Å². The quantitative estimate of drug-likeness (QED) is 0.878. The van der Waals surface area contributed by atoms with Crippen molar-refractivity contribution < 1.29 is 4.74 Å². The summed E-state index contributed by atoms with van der Waals surface area (Å²) in [5, 5.41) is 3.90. The van der Waals surface area contributed by atoms with Crippen LogP contribution in [0.2, 0.25) is 5.02 Å². The summed E-state index contributed by atoms with van der Waals surface area (Å²) in [6.45, 7) is 0.840. The number of rotatable bonds is 3. The van der Waals surface area contributed by atoms with E-state index in [1.807, 2.05) is 0 Å². The van der Waals surface area contributed by atoms with Crippen molar-refractivity contribution in [3.63, 3.8) is 0 Å². The van der Waals surface area contributed by atoms with Crippen molar-refractivity contribution in [2.45, 2.75) is 31.4 Å². The fraction of sp³-hybridized carbons (Fsp3) is 0.636. The van der Waals surface area contributed by atoms with Crippen LogP contribution in [0.15, 0.2) is 12.4 Å². The number of hydrogen-bond acceptors (Lipinski definition) is 4. The standard InChI is InChI=1S/C11H14ClN3O/c12-8-5-13-11(14-6-8)15-9-3-4-16-10(9)7-1-2-7/h5-7,9-10H,1-4H2,(H,13,14,15). The first-order chi connectivity index (χ1) is 7.83. The van der Waals surface area contributed by atoms with E-state index in [4.69, 9.17) is 16.3 Å². The Balaban J connectivity index is 1.66. The summed E-state index contributed by atoms with van der Waals surface area (Å²) in [5.41, 5.74) is 0. The van der Waals surface area contributed by atoms with Crippen molar-refractivity contribution in [2.24, 2.45) is 5.92 Å². The number of hydrogen-bond donors (Lipinski definition) is 1. The molecule has 0 bridgehead atoms. The summed E-state index contributed by atoms with van der Waals surface area (Å²) in [7, 11) is 0. The van der Waals surface area contributed by atoms with Gasteiger partial charge < -0.3 is 10.1 Å². The lowest BCUT2D eigenvalue weighted by Crippen LogP contribution is -2.31. The lowest BCUT2D eigenvalue weighted by Gasteiger charge is -2.19. The Morgan fingerprint density at radius 1 is 1.25 bits per heavy atom. The van der Waals surface area contributed by atoms with Gasteiger partial charge in [-0.2, -0.15) is 0 Å².